The van der Waals surface area contributed by atoms with Crippen LogP contribution in [0.25, 0.3) is 0 Å². The molecule has 1 aromatic rings. The van der Waals surface area contributed by atoms with E-state index in [0.29, 0.717) is 5.92 Å². The first-order valence-corrected chi connectivity index (χ1v) is 6.13. The van der Waals surface area contributed by atoms with Crippen LogP contribution in [0.3, 0.4) is 0 Å². The van der Waals surface area contributed by atoms with Gasteiger partial charge in [0.2, 0.25) is 0 Å². The van der Waals surface area contributed by atoms with E-state index in [2.05, 4.69) is 32.9 Å². The van der Waals surface area contributed by atoms with Crippen molar-refractivity contribution < 1.29 is 4.74 Å². The van der Waals surface area contributed by atoms with Crippen LogP contribution < -0.4 is 10.5 Å². The van der Waals surface area contributed by atoms with Gasteiger partial charge in [-0.1, -0.05) is 26.0 Å². The highest BCUT2D eigenvalue weighted by molar-refractivity contribution is 5.49. The molecule has 2 heteroatoms. The number of nitrogens with two attached hydrogens (primary N) is 1. The SMILES string of the molecule is Cc1ccc(C(C)C)c2c1OCCC[C@H]2N. The number of aryl methyl sites for hydroxylation is 1. The van der Waals surface area contributed by atoms with Gasteiger partial charge in [0.15, 0.2) is 0 Å². The van der Waals surface area contributed by atoms with E-state index in [4.69, 9.17) is 10.5 Å². The lowest BCUT2D eigenvalue weighted by atomic mass is 9.89. The van der Waals surface area contributed by atoms with Crippen molar-refractivity contribution in [2.75, 3.05) is 6.61 Å². The predicted molar refractivity (Wildman–Crippen MR) is 66.9 cm³/mol. The highest BCUT2D eigenvalue weighted by Crippen LogP contribution is 2.38. The van der Waals surface area contributed by atoms with Crippen LogP contribution in [0.4, 0.5) is 0 Å². The van der Waals surface area contributed by atoms with E-state index in [1.807, 2.05) is 0 Å². The van der Waals surface area contributed by atoms with Crippen LogP contribution in [0.2, 0.25) is 0 Å². The molecule has 0 spiro atoms. The van der Waals surface area contributed by atoms with Gasteiger partial charge in [-0.25, -0.2) is 0 Å². The van der Waals surface area contributed by atoms with Crippen LogP contribution in [0.5, 0.6) is 5.75 Å². The zero-order chi connectivity index (χ0) is 11.7. The summed E-state index contributed by atoms with van der Waals surface area (Å²) in [6.45, 7) is 7.31. The molecule has 16 heavy (non-hydrogen) atoms. The first-order valence-electron chi connectivity index (χ1n) is 6.13. The Kier molecular flexibility index (Phi) is 3.20. The third-order valence-corrected chi connectivity index (χ3v) is 3.33. The summed E-state index contributed by atoms with van der Waals surface area (Å²) in [7, 11) is 0. The fourth-order valence-electron chi connectivity index (χ4n) is 2.42. The van der Waals surface area contributed by atoms with Crippen LogP contribution in [0, 0.1) is 6.92 Å². The van der Waals surface area contributed by atoms with E-state index in [-0.39, 0.29) is 6.04 Å². The zero-order valence-electron chi connectivity index (χ0n) is 10.4. The third-order valence-electron chi connectivity index (χ3n) is 3.33. The Balaban J connectivity index is 2.59. The molecular weight excluding hydrogens is 198 g/mol. The molecule has 1 aliphatic heterocycles. The monoisotopic (exact) mass is 219 g/mol. The first kappa shape index (κ1) is 11.5. The highest BCUT2D eigenvalue weighted by atomic mass is 16.5. The number of ether oxygens (including phenoxy) is 1. The molecule has 2 rings (SSSR count). The van der Waals surface area contributed by atoms with Crippen LogP contribution in [-0.4, -0.2) is 6.61 Å². The standard InChI is InChI=1S/C14H21NO/c1-9(2)11-7-6-10(3)14-13(11)12(15)5-4-8-16-14/h6-7,9,12H,4-5,8,15H2,1-3H3/t12-/m1/s1. The minimum absolute atomic E-state index is 0.134. The molecule has 0 radical (unpaired) electrons. The molecule has 0 saturated carbocycles. The van der Waals surface area contributed by atoms with Crippen molar-refractivity contribution in [1.82, 2.24) is 0 Å². The Morgan fingerprint density at radius 2 is 2.12 bits per heavy atom. The van der Waals surface area contributed by atoms with Crippen molar-refractivity contribution in [3.63, 3.8) is 0 Å². The lowest BCUT2D eigenvalue weighted by molar-refractivity contribution is 0.314. The van der Waals surface area contributed by atoms with E-state index >= 15 is 0 Å². The molecule has 0 aliphatic carbocycles. The smallest absolute Gasteiger partial charge is 0.127 e. The van der Waals surface area contributed by atoms with Gasteiger partial charge >= 0.3 is 0 Å². The summed E-state index contributed by atoms with van der Waals surface area (Å²) >= 11 is 0. The molecule has 0 fully saturated rings. The van der Waals surface area contributed by atoms with Crippen molar-refractivity contribution in [3.8, 4) is 5.75 Å². The lowest BCUT2D eigenvalue weighted by Gasteiger charge is -2.20. The maximum atomic E-state index is 6.27. The highest BCUT2D eigenvalue weighted by Gasteiger charge is 2.22. The second-order valence-corrected chi connectivity index (χ2v) is 4.97. The Bertz CT molecular complexity index is 385. The summed E-state index contributed by atoms with van der Waals surface area (Å²) in [6, 6.07) is 4.48. The maximum absolute atomic E-state index is 6.27. The molecular formula is C14H21NO. The Hall–Kier alpha value is -1.02. The molecule has 2 N–H and O–H groups in total. The predicted octanol–water partition coefficient (Wildman–Crippen LogP) is 3.29. The molecule has 0 amide bonds. The number of fused-ring (bicyclic) bond motifs is 1. The molecule has 0 unspecified atom stereocenters. The minimum Gasteiger partial charge on any atom is -0.493 e. The normalized spacial score (nSPS) is 20.2. The van der Waals surface area contributed by atoms with Crippen molar-refractivity contribution in [2.24, 2.45) is 5.73 Å². The van der Waals surface area contributed by atoms with Crippen molar-refractivity contribution in [3.05, 3.63) is 28.8 Å². The third kappa shape index (κ3) is 1.94. The zero-order valence-corrected chi connectivity index (χ0v) is 10.4. The molecule has 0 bridgehead atoms. The molecule has 1 aliphatic rings. The Morgan fingerprint density at radius 3 is 2.81 bits per heavy atom. The number of rotatable bonds is 1. The first-order chi connectivity index (χ1) is 7.61. The largest absolute Gasteiger partial charge is 0.493 e. The van der Waals surface area contributed by atoms with Gasteiger partial charge in [-0.2, -0.15) is 0 Å². The van der Waals surface area contributed by atoms with E-state index in [1.165, 1.54) is 16.7 Å². The van der Waals surface area contributed by atoms with E-state index in [0.717, 1.165) is 25.2 Å². The fourth-order valence-corrected chi connectivity index (χ4v) is 2.42. The van der Waals surface area contributed by atoms with Crippen LogP contribution >= 0.6 is 0 Å². The van der Waals surface area contributed by atoms with Gasteiger partial charge < -0.3 is 10.5 Å². The summed E-state index contributed by atoms with van der Waals surface area (Å²) < 4.78 is 5.86. The quantitative estimate of drug-likeness (QED) is 0.786. The van der Waals surface area contributed by atoms with Gasteiger partial charge in [-0.3, -0.25) is 0 Å². The Labute approximate surface area is 97.8 Å². The van der Waals surface area contributed by atoms with Gasteiger partial charge in [0, 0.05) is 11.6 Å². The molecule has 88 valence electrons. The second-order valence-electron chi connectivity index (χ2n) is 4.97. The van der Waals surface area contributed by atoms with Crippen molar-refractivity contribution in [1.29, 1.82) is 0 Å². The van der Waals surface area contributed by atoms with Gasteiger partial charge in [-0.05, 0) is 36.8 Å². The lowest BCUT2D eigenvalue weighted by Crippen LogP contribution is -2.13. The average Bonchev–Trinajstić information content (AvgIpc) is 2.42. The number of hydrogen-bond acceptors (Lipinski definition) is 2. The van der Waals surface area contributed by atoms with Crippen LogP contribution in [0.15, 0.2) is 12.1 Å². The van der Waals surface area contributed by atoms with Gasteiger partial charge in [0.05, 0.1) is 6.61 Å². The average molecular weight is 219 g/mol. The minimum atomic E-state index is 0.134. The molecule has 1 aromatic carbocycles. The van der Waals surface area contributed by atoms with Crippen LogP contribution in [0.1, 0.15) is 55.3 Å². The molecule has 0 aromatic heterocycles. The summed E-state index contributed by atoms with van der Waals surface area (Å²) in [5, 5.41) is 0. The molecule has 2 nitrogen and oxygen atoms in total. The van der Waals surface area contributed by atoms with Gasteiger partial charge in [0.1, 0.15) is 5.75 Å². The van der Waals surface area contributed by atoms with Crippen molar-refractivity contribution in [2.45, 2.75) is 45.6 Å². The van der Waals surface area contributed by atoms with E-state index in [1.54, 1.807) is 0 Å². The molecule has 1 heterocycles. The number of hydrogen-bond donors (Lipinski definition) is 1. The van der Waals surface area contributed by atoms with Gasteiger partial charge in [0.25, 0.3) is 0 Å². The number of benzene rings is 1. The van der Waals surface area contributed by atoms with Gasteiger partial charge in [-0.15, -0.1) is 0 Å². The fraction of sp³-hybridized carbons (Fsp3) is 0.571. The molecule has 0 saturated heterocycles. The topological polar surface area (TPSA) is 35.2 Å². The van der Waals surface area contributed by atoms with Crippen LogP contribution in [-0.2, 0) is 0 Å². The summed E-state index contributed by atoms with van der Waals surface area (Å²) in [5.41, 5.74) is 10.1. The van der Waals surface area contributed by atoms with E-state index < -0.39 is 0 Å². The summed E-state index contributed by atoms with van der Waals surface area (Å²) in [6.07, 6.45) is 2.07. The van der Waals surface area contributed by atoms with Crippen molar-refractivity contribution >= 4 is 0 Å². The second kappa shape index (κ2) is 4.46. The summed E-state index contributed by atoms with van der Waals surface area (Å²) in [4.78, 5) is 0. The Morgan fingerprint density at radius 1 is 1.38 bits per heavy atom. The van der Waals surface area contributed by atoms with E-state index in [9.17, 15) is 0 Å². The maximum Gasteiger partial charge on any atom is 0.127 e. The summed E-state index contributed by atoms with van der Waals surface area (Å²) in [5.74, 6) is 1.54. The molecule has 1 atom stereocenters.